The molecule has 0 aromatic heterocycles. The fraction of sp³-hybridized carbons (Fsp3) is 0.571. The van der Waals surface area contributed by atoms with E-state index in [-0.39, 0.29) is 18.2 Å². The molecule has 5 heteroatoms. The van der Waals surface area contributed by atoms with E-state index in [9.17, 15) is 8.78 Å². The maximum atomic E-state index is 13.3. The van der Waals surface area contributed by atoms with Gasteiger partial charge in [-0.3, -0.25) is 0 Å². The minimum absolute atomic E-state index is 0.0926. The number of ether oxygens (including phenoxy) is 2. The van der Waals surface area contributed by atoms with E-state index >= 15 is 0 Å². The van der Waals surface area contributed by atoms with Crippen molar-refractivity contribution < 1.29 is 18.3 Å². The van der Waals surface area contributed by atoms with E-state index in [2.05, 4.69) is 5.32 Å². The van der Waals surface area contributed by atoms with Gasteiger partial charge in [-0.05, 0) is 31.0 Å². The lowest BCUT2D eigenvalue weighted by molar-refractivity contribution is 0.0910. The normalized spacial score (nSPS) is 24.6. The standard InChI is InChI=1S/C14H19F2NO2/c1-9(8-18-2)17-13-5-6-19-14(13)10-3-4-11(15)12(16)7-10/h3-4,7,9,13-14,17H,5-6,8H2,1-2H3. The summed E-state index contributed by atoms with van der Waals surface area (Å²) in [7, 11) is 1.65. The Kier molecular flexibility index (Phi) is 4.85. The van der Waals surface area contributed by atoms with E-state index in [1.165, 1.54) is 6.07 Å². The van der Waals surface area contributed by atoms with E-state index < -0.39 is 11.6 Å². The van der Waals surface area contributed by atoms with Gasteiger partial charge < -0.3 is 14.8 Å². The maximum Gasteiger partial charge on any atom is 0.159 e. The number of hydrogen-bond donors (Lipinski definition) is 1. The van der Waals surface area contributed by atoms with Crippen molar-refractivity contribution in [2.24, 2.45) is 0 Å². The number of benzene rings is 1. The molecule has 2 rings (SSSR count). The highest BCUT2D eigenvalue weighted by Crippen LogP contribution is 2.30. The minimum atomic E-state index is -0.836. The lowest BCUT2D eigenvalue weighted by Gasteiger charge is -2.24. The van der Waals surface area contributed by atoms with Crippen molar-refractivity contribution in [1.29, 1.82) is 0 Å². The zero-order chi connectivity index (χ0) is 13.8. The van der Waals surface area contributed by atoms with Gasteiger partial charge in [-0.25, -0.2) is 8.78 Å². The largest absolute Gasteiger partial charge is 0.383 e. The van der Waals surface area contributed by atoms with Gasteiger partial charge >= 0.3 is 0 Å². The molecule has 1 aliphatic rings. The van der Waals surface area contributed by atoms with Gasteiger partial charge in [-0.15, -0.1) is 0 Å². The molecule has 1 aromatic carbocycles. The molecule has 3 nitrogen and oxygen atoms in total. The number of nitrogens with one attached hydrogen (secondary N) is 1. The molecule has 0 bridgehead atoms. The SMILES string of the molecule is COCC(C)NC1CCOC1c1ccc(F)c(F)c1. The van der Waals surface area contributed by atoms with Crippen molar-refractivity contribution in [3.05, 3.63) is 35.4 Å². The molecule has 1 aromatic rings. The van der Waals surface area contributed by atoms with Crippen molar-refractivity contribution in [3.63, 3.8) is 0 Å². The van der Waals surface area contributed by atoms with E-state index in [1.807, 2.05) is 6.92 Å². The van der Waals surface area contributed by atoms with Gasteiger partial charge in [-0.1, -0.05) is 6.07 Å². The van der Waals surface area contributed by atoms with Crippen LogP contribution in [0.3, 0.4) is 0 Å². The van der Waals surface area contributed by atoms with Crippen LogP contribution in [0, 0.1) is 11.6 Å². The second-order valence-electron chi connectivity index (χ2n) is 4.88. The fourth-order valence-corrected chi connectivity index (χ4v) is 2.44. The predicted octanol–water partition coefficient (Wildman–Crippen LogP) is 2.42. The number of methoxy groups -OCH3 is 1. The third kappa shape index (κ3) is 3.49. The lowest BCUT2D eigenvalue weighted by Crippen LogP contribution is -2.40. The molecule has 1 aliphatic heterocycles. The Balaban J connectivity index is 2.07. The average Bonchev–Trinajstić information content (AvgIpc) is 2.81. The molecule has 1 heterocycles. The summed E-state index contributed by atoms with van der Waals surface area (Å²) >= 11 is 0. The average molecular weight is 271 g/mol. The summed E-state index contributed by atoms with van der Waals surface area (Å²) in [5.74, 6) is -1.67. The first-order valence-corrected chi connectivity index (χ1v) is 6.43. The van der Waals surface area contributed by atoms with E-state index in [1.54, 1.807) is 13.2 Å². The van der Waals surface area contributed by atoms with Gasteiger partial charge in [0.05, 0.1) is 12.7 Å². The summed E-state index contributed by atoms with van der Waals surface area (Å²) in [6.45, 7) is 3.23. The van der Waals surface area contributed by atoms with E-state index in [0.29, 0.717) is 18.8 Å². The van der Waals surface area contributed by atoms with E-state index in [0.717, 1.165) is 12.5 Å². The molecule has 1 N–H and O–H groups in total. The minimum Gasteiger partial charge on any atom is -0.383 e. The van der Waals surface area contributed by atoms with Crippen molar-refractivity contribution in [1.82, 2.24) is 5.32 Å². The van der Waals surface area contributed by atoms with Crippen LogP contribution < -0.4 is 5.32 Å². The summed E-state index contributed by atoms with van der Waals surface area (Å²) < 4.78 is 36.9. The monoisotopic (exact) mass is 271 g/mol. The second-order valence-corrected chi connectivity index (χ2v) is 4.88. The van der Waals surface area contributed by atoms with Crippen molar-refractivity contribution >= 4 is 0 Å². The van der Waals surface area contributed by atoms with Crippen LogP contribution in [0.1, 0.15) is 25.0 Å². The van der Waals surface area contributed by atoms with Crippen molar-refractivity contribution in [2.45, 2.75) is 31.5 Å². The van der Waals surface area contributed by atoms with Crippen LogP contribution in [0.25, 0.3) is 0 Å². The van der Waals surface area contributed by atoms with Gasteiger partial charge in [0.25, 0.3) is 0 Å². The third-order valence-electron chi connectivity index (χ3n) is 3.28. The highest BCUT2D eigenvalue weighted by molar-refractivity contribution is 5.22. The Morgan fingerprint density at radius 2 is 2.21 bits per heavy atom. The molecule has 106 valence electrons. The Bertz CT molecular complexity index is 428. The molecular formula is C14H19F2NO2. The molecule has 0 radical (unpaired) electrons. The van der Waals surface area contributed by atoms with Crippen LogP contribution in [0.5, 0.6) is 0 Å². The van der Waals surface area contributed by atoms with Crippen LogP contribution in [0.4, 0.5) is 8.78 Å². The van der Waals surface area contributed by atoms with Crippen LogP contribution in [0.2, 0.25) is 0 Å². The molecule has 3 unspecified atom stereocenters. The molecule has 0 spiro atoms. The molecular weight excluding hydrogens is 252 g/mol. The van der Waals surface area contributed by atoms with E-state index in [4.69, 9.17) is 9.47 Å². The topological polar surface area (TPSA) is 30.5 Å². The van der Waals surface area contributed by atoms with Gasteiger partial charge in [0, 0.05) is 25.8 Å². The molecule has 19 heavy (non-hydrogen) atoms. The molecule has 0 saturated carbocycles. The highest BCUT2D eigenvalue weighted by atomic mass is 19.2. The predicted molar refractivity (Wildman–Crippen MR) is 67.9 cm³/mol. The summed E-state index contributed by atoms with van der Waals surface area (Å²) in [6.07, 6.45) is 0.604. The first kappa shape index (κ1) is 14.4. The first-order chi connectivity index (χ1) is 9.11. The summed E-state index contributed by atoms with van der Waals surface area (Å²) in [4.78, 5) is 0. The number of hydrogen-bond acceptors (Lipinski definition) is 3. The molecule has 3 atom stereocenters. The van der Waals surface area contributed by atoms with Gasteiger partial charge in [0.15, 0.2) is 11.6 Å². The third-order valence-corrected chi connectivity index (χ3v) is 3.28. The highest BCUT2D eigenvalue weighted by Gasteiger charge is 2.30. The molecule has 1 fully saturated rings. The number of rotatable bonds is 5. The van der Waals surface area contributed by atoms with Gasteiger partial charge in [0.1, 0.15) is 0 Å². The Morgan fingerprint density at radius 1 is 1.42 bits per heavy atom. The maximum absolute atomic E-state index is 13.3. The molecule has 0 amide bonds. The first-order valence-electron chi connectivity index (χ1n) is 6.43. The summed E-state index contributed by atoms with van der Waals surface area (Å²) in [6, 6.07) is 4.20. The Labute approximate surface area is 111 Å². The Morgan fingerprint density at radius 3 is 2.89 bits per heavy atom. The van der Waals surface area contributed by atoms with Crippen LogP contribution >= 0.6 is 0 Å². The Hall–Kier alpha value is -1.04. The zero-order valence-electron chi connectivity index (χ0n) is 11.2. The summed E-state index contributed by atoms with van der Waals surface area (Å²) in [5, 5.41) is 3.40. The van der Waals surface area contributed by atoms with Crippen molar-refractivity contribution in [2.75, 3.05) is 20.3 Å². The molecule has 0 aliphatic carbocycles. The quantitative estimate of drug-likeness (QED) is 0.892. The van der Waals surface area contributed by atoms with Gasteiger partial charge in [-0.2, -0.15) is 0 Å². The van der Waals surface area contributed by atoms with Crippen molar-refractivity contribution in [3.8, 4) is 0 Å². The zero-order valence-corrected chi connectivity index (χ0v) is 11.2. The van der Waals surface area contributed by atoms with Crippen LogP contribution in [-0.2, 0) is 9.47 Å². The smallest absolute Gasteiger partial charge is 0.159 e. The van der Waals surface area contributed by atoms with Crippen LogP contribution in [-0.4, -0.2) is 32.4 Å². The van der Waals surface area contributed by atoms with Gasteiger partial charge in [0.2, 0.25) is 0 Å². The lowest BCUT2D eigenvalue weighted by atomic mass is 10.0. The fourth-order valence-electron chi connectivity index (χ4n) is 2.44. The summed E-state index contributed by atoms with van der Waals surface area (Å²) in [5.41, 5.74) is 0.665. The molecule has 1 saturated heterocycles. The number of halogens is 2. The second kappa shape index (κ2) is 6.41. The van der Waals surface area contributed by atoms with Crippen LogP contribution in [0.15, 0.2) is 18.2 Å².